The molecule has 1 N–H and O–H groups in total. The number of hydrogen-bond acceptors (Lipinski definition) is 3. The normalized spacial score (nSPS) is 13.4. The molecule has 1 heterocycles. The van der Waals surface area contributed by atoms with Crippen molar-refractivity contribution in [3.8, 4) is 5.75 Å². The van der Waals surface area contributed by atoms with Gasteiger partial charge < -0.3 is 15.0 Å². The van der Waals surface area contributed by atoms with Crippen molar-refractivity contribution in [1.82, 2.24) is 4.90 Å². The van der Waals surface area contributed by atoms with Gasteiger partial charge in [0.25, 0.3) is 11.8 Å². The van der Waals surface area contributed by atoms with Crippen molar-refractivity contribution in [3.05, 3.63) is 94.0 Å². The number of anilines is 1. The molecule has 0 atom stereocenters. The summed E-state index contributed by atoms with van der Waals surface area (Å²) in [4.78, 5) is 27.8. The number of halogens is 1. The zero-order valence-electron chi connectivity index (χ0n) is 18.4. The molecule has 1 saturated heterocycles. The van der Waals surface area contributed by atoms with E-state index in [1.807, 2.05) is 35.2 Å². The Hall–Kier alpha value is -3.12. The Morgan fingerprint density at radius 2 is 1.64 bits per heavy atom. The van der Waals surface area contributed by atoms with Gasteiger partial charge in [-0.3, -0.25) is 9.59 Å². The molecular weight excluding hydrogens is 480 g/mol. The number of carbonyl (C=O) groups is 2. The molecule has 0 saturated carbocycles. The molecule has 0 aromatic heterocycles. The summed E-state index contributed by atoms with van der Waals surface area (Å²) >= 11 is 3.51. The average Bonchev–Trinajstić information content (AvgIpc) is 2.86. The molecule has 170 valence electrons. The Morgan fingerprint density at radius 3 is 2.39 bits per heavy atom. The van der Waals surface area contributed by atoms with Gasteiger partial charge in [-0.05, 0) is 71.1 Å². The minimum atomic E-state index is -0.273. The second kappa shape index (κ2) is 11.1. The first-order valence-corrected chi connectivity index (χ1v) is 12.1. The average molecular weight is 507 g/mol. The first kappa shape index (κ1) is 23.1. The standard InChI is InChI=1S/C27H27BrN2O3/c28-23-19-21(13-14-25(23)33-18-15-20-9-3-1-4-10-20)26(31)29-24-12-6-5-11-22(24)27(32)30-16-7-2-8-17-30/h1,3-6,9-14,19H,2,7-8,15-18H2,(H,29,31). The van der Waals surface area contributed by atoms with Crippen LogP contribution in [0.25, 0.3) is 0 Å². The van der Waals surface area contributed by atoms with E-state index in [0.29, 0.717) is 33.6 Å². The Kier molecular flexibility index (Phi) is 7.79. The number of hydrogen-bond donors (Lipinski definition) is 1. The van der Waals surface area contributed by atoms with E-state index in [0.717, 1.165) is 38.8 Å². The van der Waals surface area contributed by atoms with Crippen LogP contribution in [-0.4, -0.2) is 36.4 Å². The fourth-order valence-corrected chi connectivity index (χ4v) is 4.42. The lowest BCUT2D eigenvalue weighted by Gasteiger charge is -2.27. The molecule has 6 heteroatoms. The lowest BCUT2D eigenvalue weighted by molar-refractivity contribution is 0.0725. The number of benzene rings is 3. The van der Waals surface area contributed by atoms with Crippen LogP contribution >= 0.6 is 15.9 Å². The number of carbonyl (C=O) groups excluding carboxylic acids is 2. The predicted octanol–water partition coefficient (Wildman–Crippen LogP) is 5.95. The van der Waals surface area contributed by atoms with Gasteiger partial charge in [0.1, 0.15) is 5.75 Å². The van der Waals surface area contributed by atoms with Crippen molar-refractivity contribution in [2.24, 2.45) is 0 Å². The third kappa shape index (κ3) is 6.02. The molecule has 0 unspecified atom stereocenters. The number of nitrogens with zero attached hydrogens (tertiary/aromatic N) is 1. The second-order valence-electron chi connectivity index (χ2n) is 8.08. The summed E-state index contributed by atoms with van der Waals surface area (Å²) in [6, 6.07) is 22.6. The van der Waals surface area contributed by atoms with E-state index in [-0.39, 0.29) is 11.8 Å². The highest BCUT2D eigenvalue weighted by Crippen LogP contribution is 2.27. The summed E-state index contributed by atoms with van der Waals surface area (Å²) in [5.74, 6) is 0.377. The van der Waals surface area contributed by atoms with Gasteiger partial charge in [-0.1, -0.05) is 42.5 Å². The zero-order chi connectivity index (χ0) is 23.0. The van der Waals surface area contributed by atoms with E-state index in [4.69, 9.17) is 4.74 Å². The minimum absolute atomic E-state index is 0.0334. The number of rotatable bonds is 7. The fourth-order valence-electron chi connectivity index (χ4n) is 3.92. The Labute approximate surface area is 202 Å². The van der Waals surface area contributed by atoms with Crippen LogP contribution in [0.1, 0.15) is 45.5 Å². The maximum Gasteiger partial charge on any atom is 0.255 e. The van der Waals surface area contributed by atoms with E-state index >= 15 is 0 Å². The topological polar surface area (TPSA) is 58.6 Å². The number of nitrogens with one attached hydrogen (secondary N) is 1. The summed E-state index contributed by atoms with van der Waals surface area (Å²) in [7, 11) is 0. The summed E-state index contributed by atoms with van der Waals surface area (Å²) in [5, 5.41) is 2.91. The maximum absolute atomic E-state index is 13.0. The smallest absolute Gasteiger partial charge is 0.255 e. The summed E-state index contributed by atoms with van der Waals surface area (Å²) < 4.78 is 6.59. The van der Waals surface area contributed by atoms with Crippen molar-refractivity contribution in [2.75, 3.05) is 25.0 Å². The third-order valence-electron chi connectivity index (χ3n) is 5.73. The molecule has 1 aliphatic rings. The highest BCUT2D eigenvalue weighted by Gasteiger charge is 2.21. The van der Waals surface area contributed by atoms with Crippen LogP contribution in [0.15, 0.2) is 77.3 Å². The van der Waals surface area contributed by atoms with Gasteiger partial charge in [0.05, 0.1) is 22.3 Å². The molecular formula is C27H27BrN2O3. The van der Waals surface area contributed by atoms with E-state index < -0.39 is 0 Å². The van der Waals surface area contributed by atoms with Gasteiger partial charge in [0.15, 0.2) is 0 Å². The molecule has 33 heavy (non-hydrogen) atoms. The van der Waals surface area contributed by atoms with Crippen LogP contribution in [0.2, 0.25) is 0 Å². The molecule has 3 aromatic rings. The number of piperidine rings is 1. The van der Waals surface area contributed by atoms with Crippen LogP contribution in [0, 0.1) is 0 Å². The van der Waals surface area contributed by atoms with Crippen molar-refractivity contribution in [2.45, 2.75) is 25.7 Å². The monoisotopic (exact) mass is 506 g/mol. The summed E-state index contributed by atoms with van der Waals surface area (Å²) in [6.07, 6.45) is 4.00. The van der Waals surface area contributed by atoms with E-state index in [1.54, 1.807) is 30.3 Å². The SMILES string of the molecule is O=C(Nc1ccccc1C(=O)N1CCCCC1)c1ccc(OCCc2ccccc2)c(Br)c1. The first-order valence-electron chi connectivity index (χ1n) is 11.3. The van der Waals surface area contributed by atoms with E-state index in [1.165, 1.54) is 5.56 Å². The van der Waals surface area contributed by atoms with Gasteiger partial charge in [-0.25, -0.2) is 0 Å². The van der Waals surface area contributed by atoms with Crippen LogP contribution in [0.3, 0.4) is 0 Å². The minimum Gasteiger partial charge on any atom is -0.492 e. The van der Waals surface area contributed by atoms with E-state index in [2.05, 4.69) is 33.4 Å². The Morgan fingerprint density at radius 1 is 0.909 bits per heavy atom. The largest absolute Gasteiger partial charge is 0.492 e. The van der Waals surface area contributed by atoms with Crippen LogP contribution in [0.4, 0.5) is 5.69 Å². The Bertz CT molecular complexity index is 1110. The van der Waals surface area contributed by atoms with E-state index in [9.17, 15) is 9.59 Å². The van der Waals surface area contributed by atoms with Crippen molar-refractivity contribution < 1.29 is 14.3 Å². The Balaban J connectivity index is 1.40. The maximum atomic E-state index is 13.0. The van der Waals surface area contributed by atoms with Crippen LogP contribution in [-0.2, 0) is 6.42 Å². The molecule has 0 radical (unpaired) electrons. The number of amides is 2. The van der Waals surface area contributed by atoms with Crippen molar-refractivity contribution in [3.63, 3.8) is 0 Å². The molecule has 1 fully saturated rings. The highest BCUT2D eigenvalue weighted by molar-refractivity contribution is 9.10. The molecule has 1 aliphatic heterocycles. The van der Waals surface area contributed by atoms with Gasteiger partial charge in [-0.2, -0.15) is 0 Å². The number of ether oxygens (including phenoxy) is 1. The first-order chi connectivity index (χ1) is 16.1. The lowest BCUT2D eigenvalue weighted by atomic mass is 10.1. The molecule has 0 spiro atoms. The molecule has 5 nitrogen and oxygen atoms in total. The van der Waals surface area contributed by atoms with Gasteiger partial charge in [0, 0.05) is 25.1 Å². The third-order valence-corrected chi connectivity index (χ3v) is 6.35. The van der Waals surface area contributed by atoms with Crippen molar-refractivity contribution >= 4 is 33.4 Å². The quantitative estimate of drug-likeness (QED) is 0.430. The predicted molar refractivity (Wildman–Crippen MR) is 134 cm³/mol. The molecule has 2 amide bonds. The molecule has 3 aromatic carbocycles. The van der Waals surface area contributed by atoms with Crippen LogP contribution < -0.4 is 10.1 Å². The molecule has 0 bridgehead atoms. The molecule has 4 rings (SSSR count). The summed E-state index contributed by atoms with van der Waals surface area (Å²) in [5.41, 5.74) is 2.74. The zero-order valence-corrected chi connectivity index (χ0v) is 20.0. The van der Waals surface area contributed by atoms with Gasteiger partial charge >= 0.3 is 0 Å². The van der Waals surface area contributed by atoms with Crippen LogP contribution in [0.5, 0.6) is 5.75 Å². The van der Waals surface area contributed by atoms with Gasteiger partial charge in [0.2, 0.25) is 0 Å². The van der Waals surface area contributed by atoms with Gasteiger partial charge in [-0.15, -0.1) is 0 Å². The molecule has 0 aliphatic carbocycles. The van der Waals surface area contributed by atoms with Crippen molar-refractivity contribution in [1.29, 1.82) is 0 Å². The highest BCUT2D eigenvalue weighted by atomic mass is 79.9. The fraction of sp³-hybridized carbons (Fsp3) is 0.259. The lowest BCUT2D eigenvalue weighted by Crippen LogP contribution is -2.36. The number of para-hydroxylation sites is 1. The number of likely N-dealkylation sites (tertiary alicyclic amines) is 1. The summed E-state index contributed by atoms with van der Waals surface area (Å²) in [6.45, 7) is 2.07. The second-order valence-corrected chi connectivity index (χ2v) is 8.94.